The number of anilines is 1. The molecule has 0 saturated carbocycles. The van der Waals surface area contributed by atoms with E-state index in [1.165, 1.54) is 11.3 Å². The highest BCUT2D eigenvalue weighted by molar-refractivity contribution is 5.77. The second-order valence-electron chi connectivity index (χ2n) is 4.52. The van der Waals surface area contributed by atoms with Gasteiger partial charge in [-0.3, -0.25) is 10.1 Å². The fourth-order valence-electron chi connectivity index (χ4n) is 2.77. The van der Waals surface area contributed by atoms with Crippen LogP contribution in [0, 0.1) is 0 Å². The number of fused-ring (bicyclic) bond motifs is 3. The number of ether oxygens (including phenoxy) is 1. The summed E-state index contributed by atoms with van der Waals surface area (Å²) in [7, 11) is 0. The smallest absolute Gasteiger partial charge is 0.323 e. The molecule has 0 bridgehead atoms. The van der Waals surface area contributed by atoms with Crippen LogP contribution in [0.3, 0.4) is 0 Å². The third kappa shape index (κ3) is 1.69. The number of carbonyl (C=O) groups excluding carboxylic acids is 1. The molecule has 1 saturated heterocycles. The SMILES string of the molecule is CCOC(=O)C1CC2c3ccccc3NC2N1. The number of esters is 1. The monoisotopic (exact) mass is 232 g/mol. The molecule has 1 aromatic rings. The van der Waals surface area contributed by atoms with E-state index in [9.17, 15) is 4.79 Å². The molecule has 2 aliphatic rings. The van der Waals surface area contributed by atoms with Gasteiger partial charge < -0.3 is 10.1 Å². The summed E-state index contributed by atoms with van der Waals surface area (Å²) in [4.78, 5) is 11.7. The van der Waals surface area contributed by atoms with Crippen molar-refractivity contribution in [2.75, 3.05) is 11.9 Å². The van der Waals surface area contributed by atoms with Crippen molar-refractivity contribution in [3.05, 3.63) is 29.8 Å². The molecule has 1 aromatic carbocycles. The highest BCUT2D eigenvalue weighted by Gasteiger charge is 2.43. The normalized spacial score (nSPS) is 29.4. The molecule has 3 atom stereocenters. The highest BCUT2D eigenvalue weighted by Crippen LogP contribution is 2.41. The van der Waals surface area contributed by atoms with Gasteiger partial charge in [-0.25, -0.2) is 0 Å². The summed E-state index contributed by atoms with van der Waals surface area (Å²) in [5.41, 5.74) is 2.48. The van der Waals surface area contributed by atoms with Crippen LogP contribution in [0.15, 0.2) is 24.3 Å². The van der Waals surface area contributed by atoms with Crippen molar-refractivity contribution in [3.8, 4) is 0 Å². The van der Waals surface area contributed by atoms with Crippen LogP contribution in [0.4, 0.5) is 5.69 Å². The molecule has 2 heterocycles. The maximum absolute atomic E-state index is 11.7. The van der Waals surface area contributed by atoms with Crippen molar-refractivity contribution < 1.29 is 9.53 Å². The maximum Gasteiger partial charge on any atom is 0.323 e. The van der Waals surface area contributed by atoms with E-state index in [1.807, 2.05) is 19.1 Å². The van der Waals surface area contributed by atoms with Crippen molar-refractivity contribution in [1.82, 2.24) is 5.32 Å². The molecule has 3 rings (SSSR count). The van der Waals surface area contributed by atoms with Crippen LogP contribution in [-0.2, 0) is 9.53 Å². The molecule has 4 nitrogen and oxygen atoms in total. The van der Waals surface area contributed by atoms with E-state index in [0.717, 1.165) is 6.42 Å². The van der Waals surface area contributed by atoms with Gasteiger partial charge in [-0.2, -0.15) is 0 Å². The number of hydrogen-bond acceptors (Lipinski definition) is 4. The van der Waals surface area contributed by atoms with E-state index < -0.39 is 0 Å². The van der Waals surface area contributed by atoms with E-state index in [0.29, 0.717) is 12.5 Å². The third-order valence-electron chi connectivity index (χ3n) is 3.52. The van der Waals surface area contributed by atoms with Crippen LogP contribution in [0.1, 0.15) is 24.8 Å². The molecule has 0 amide bonds. The molecule has 3 unspecified atom stereocenters. The molecule has 0 aliphatic carbocycles. The first-order valence-electron chi connectivity index (χ1n) is 6.07. The predicted octanol–water partition coefficient (Wildman–Crippen LogP) is 1.45. The molecule has 0 spiro atoms. The average Bonchev–Trinajstić information content (AvgIpc) is 2.86. The van der Waals surface area contributed by atoms with Gasteiger partial charge in [-0.05, 0) is 25.0 Å². The van der Waals surface area contributed by atoms with E-state index >= 15 is 0 Å². The standard InChI is InChI=1S/C13H16N2O2/c1-2-17-13(16)11-7-9-8-5-3-4-6-10(8)14-12(9)15-11/h3-6,9,11-12,14-15H,2,7H2,1H3. The molecule has 2 aliphatic heterocycles. The summed E-state index contributed by atoms with van der Waals surface area (Å²) in [5.74, 6) is 0.238. The first kappa shape index (κ1) is 10.6. The van der Waals surface area contributed by atoms with Gasteiger partial charge in [-0.1, -0.05) is 18.2 Å². The number of carbonyl (C=O) groups is 1. The first-order chi connectivity index (χ1) is 8.29. The van der Waals surface area contributed by atoms with Gasteiger partial charge >= 0.3 is 5.97 Å². The average molecular weight is 232 g/mol. The lowest BCUT2D eigenvalue weighted by Gasteiger charge is -2.13. The Morgan fingerprint density at radius 2 is 2.29 bits per heavy atom. The van der Waals surface area contributed by atoms with Crippen molar-refractivity contribution in [3.63, 3.8) is 0 Å². The lowest BCUT2D eigenvalue weighted by atomic mass is 9.96. The van der Waals surface area contributed by atoms with Gasteiger partial charge in [0.2, 0.25) is 0 Å². The summed E-state index contributed by atoms with van der Waals surface area (Å²) in [6.07, 6.45) is 0.981. The summed E-state index contributed by atoms with van der Waals surface area (Å²) < 4.78 is 5.05. The molecular weight excluding hydrogens is 216 g/mol. The second-order valence-corrected chi connectivity index (χ2v) is 4.52. The number of rotatable bonds is 2. The largest absolute Gasteiger partial charge is 0.465 e. The molecule has 2 N–H and O–H groups in total. The van der Waals surface area contributed by atoms with Crippen LogP contribution in [0.25, 0.3) is 0 Å². The van der Waals surface area contributed by atoms with Gasteiger partial charge in [0.05, 0.1) is 12.8 Å². The lowest BCUT2D eigenvalue weighted by Crippen LogP contribution is -2.39. The fraction of sp³-hybridized carbons (Fsp3) is 0.462. The van der Waals surface area contributed by atoms with E-state index in [-0.39, 0.29) is 18.2 Å². The highest BCUT2D eigenvalue weighted by atomic mass is 16.5. The number of para-hydroxylation sites is 1. The van der Waals surface area contributed by atoms with E-state index in [4.69, 9.17) is 4.74 Å². The minimum Gasteiger partial charge on any atom is -0.465 e. The minimum absolute atomic E-state index is 0.138. The van der Waals surface area contributed by atoms with Gasteiger partial charge in [-0.15, -0.1) is 0 Å². The third-order valence-corrected chi connectivity index (χ3v) is 3.52. The minimum atomic E-state index is -0.175. The van der Waals surface area contributed by atoms with Crippen molar-refractivity contribution >= 4 is 11.7 Å². The molecule has 17 heavy (non-hydrogen) atoms. The summed E-state index contributed by atoms with van der Waals surface area (Å²) in [6.45, 7) is 2.28. The van der Waals surface area contributed by atoms with Crippen molar-refractivity contribution in [1.29, 1.82) is 0 Å². The Morgan fingerprint density at radius 1 is 1.47 bits per heavy atom. The zero-order chi connectivity index (χ0) is 11.8. The summed E-state index contributed by atoms with van der Waals surface area (Å²) in [6, 6.07) is 8.10. The van der Waals surface area contributed by atoms with Crippen LogP contribution >= 0.6 is 0 Å². The topological polar surface area (TPSA) is 50.4 Å². The zero-order valence-electron chi connectivity index (χ0n) is 9.77. The Kier molecular flexibility index (Phi) is 2.52. The van der Waals surface area contributed by atoms with Crippen LogP contribution in [0.5, 0.6) is 0 Å². The molecule has 0 radical (unpaired) electrons. The Balaban J connectivity index is 1.77. The Hall–Kier alpha value is -1.55. The second kappa shape index (κ2) is 4.04. The quantitative estimate of drug-likeness (QED) is 0.758. The van der Waals surface area contributed by atoms with Gasteiger partial charge in [0.15, 0.2) is 0 Å². The van der Waals surface area contributed by atoms with Gasteiger partial charge in [0.1, 0.15) is 6.04 Å². The van der Waals surface area contributed by atoms with Crippen LogP contribution in [-0.4, -0.2) is 24.8 Å². The van der Waals surface area contributed by atoms with Crippen molar-refractivity contribution in [2.45, 2.75) is 31.5 Å². The molecule has 90 valence electrons. The van der Waals surface area contributed by atoms with E-state index in [1.54, 1.807) is 0 Å². The number of benzene rings is 1. The Bertz CT molecular complexity index is 447. The molecule has 4 heteroatoms. The Labute approximate surface area is 100 Å². The van der Waals surface area contributed by atoms with Crippen LogP contribution < -0.4 is 10.6 Å². The Morgan fingerprint density at radius 3 is 3.12 bits per heavy atom. The first-order valence-corrected chi connectivity index (χ1v) is 6.07. The summed E-state index contributed by atoms with van der Waals surface area (Å²) >= 11 is 0. The van der Waals surface area contributed by atoms with Crippen molar-refractivity contribution in [2.24, 2.45) is 0 Å². The molecular formula is C13H16N2O2. The van der Waals surface area contributed by atoms with Gasteiger partial charge in [0, 0.05) is 11.6 Å². The zero-order valence-corrected chi connectivity index (χ0v) is 9.77. The fourth-order valence-corrected chi connectivity index (χ4v) is 2.77. The van der Waals surface area contributed by atoms with Crippen LogP contribution in [0.2, 0.25) is 0 Å². The lowest BCUT2D eigenvalue weighted by molar-refractivity contribution is -0.145. The summed E-state index contributed by atoms with van der Waals surface area (Å²) in [5, 5.41) is 6.70. The number of hydrogen-bond donors (Lipinski definition) is 2. The number of nitrogens with one attached hydrogen (secondary N) is 2. The predicted molar refractivity (Wildman–Crippen MR) is 64.8 cm³/mol. The molecule has 1 fully saturated rings. The molecule has 0 aromatic heterocycles. The van der Waals surface area contributed by atoms with Gasteiger partial charge in [0.25, 0.3) is 0 Å². The maximum atomic E-state index is 11.7. The van der Waals surface area contributed by atoms with E-state index in [2.05, 4.69) is 22.8 Å².